The molecule has 0 bridgehead atoms. The lowest BCUT2D eigenvalue weighted by Crippen LogP contribution is -2.23. The predicted octanol–water partition coefficient (Wildman–Crippen LogP) is 2.13. The van der Waals surface area contributed by atoms with Gasteiger partial charge in [0.15, 0.2) is 12.4 Å². The molecule has 2 aromatic rings. The summed E-state index contributed by atoms with van der Waals surface area (Å²) < 4.78 is 10.3. The highest BCUT2D eigenvalue weighted by Gasteiger charge is 2.21. The van der Waals surface area contributed by atoms with Gasteiger partial charge >= 0.3 is 0 Å². The second-order valence-electron chi connectivity index (χ2n) is 5.30. The van der Waals surface area contributed by atoms with Crippen LogP contribution in [-0.2, 0) is 9.59 Å². The molecule has 0 aliphatic carbocycles. The summed E-state index contributed by atoms with van der Waals surface area (Å²) in [5.41, 5.74) is 0.849. The molecule has 0 radical (unpaired) electrons. The van der Waals surface area contributed by atoms with Gasteiger partial charge in [-0.05, 0) is 37.6 Å². The Labute approximate surface area is 133 Å². The van der Waals surface area contributed by atoms with Crippen molar-refractivity contribution < 1.29 is 18.8 Å². The van der Waals surface area contributed by atoms with Gasteiger partial charge < -0.3 is 19.5 Å². The molecule has 1 fully saturated rings. The molecule has 1 aromatic carbocycles. The van der Waals surface area contributed by atoms with Crippen LogP contribution in [0.1, 0.15) is 18.6 Å². The Kier molecular flexibility index (Phi) is 4.27. The molecule has 1 aromatic heterocycles. The normalized spacial score (nSPS) is 14.1. The molecule has 0 spiro atoms. The molecule has 120 valence electrons. The van der Waals surface area contributed by atoms with Crippen molar-refractivity contribution in [2.45, 2.75) is 19.8 Å². The highest BCUT2D eigenvalue weighted by Crippen LogP contribution is 2.23. The summed E-state index contributed by atoms with van der Waals surface area (Å²) in [5, 5.41) is 6.25. The van der Waals surface area contributed by atoms with Crippen LogP contribution < -0.4 is 15.0 Å². The van der Waals surface area contributed by atoms with Crippen molar-refractivity contribution in [2.24, 2.45) is 0 Å². The number of benzene rings is 1. The molecule has 23 heavy (non-hydrogen) atoms. The molecule has 0 unspecified atom stereocenters. The lowest BCUT2D eigenvalue weighted by Gasteiger charge is -2.16. The van der Waals surface area contributed by atoms with Crippen LogP contribution in [0.5, 0.6) is 5.75 Å². The van der Waals surface area contributed by atoms with Gasteiger partial charge in [0.05, 0.1) is 0 Å². The average molecular weight is 315 g/mol. The third kappa shape index (κ3) is 3.68. The van der Waals surface area contributed by atoms with Gasteiger partial charge in [-0.25, -0.2) is 0 Å². The van der Waals surface area contributed by atoms with Crippen molar-refractivity contribution in [1.29, 1.82) is 0 Å². The van der Waals surface area contributed by atoms with Crippen LogP contribution in [0.2, 0.25) is 0 Å². The summed E-state index contributed by atoms with van der Waals surface area (Å²) in [6.07, 6.45) is 1.48. The van der Waals surface area contributed by atoms with E-state index < -0.39 is 0 Å². The molecule has 2 heterocycles. The van der Waals surface area contributed by atoms with E-state index in [0.717, 1.165) is 18.7 Å². The Balaban J connectivity index is 1.52. The number of hydrogen-bond donors (Lipinski definition) is 1. The number of ether oxygens (including phenoxy) is 1. The second kappa shape index (κ2) is 6.51. The van der Waals surface area contributed by atoms with Crippen molar-refractivity contribution in [2.75, 3.05) is 23.4 Å². The number of carbonyl (C=O) groups is 2. The molecule has 1 aliphatic heterocycles. The molecule has 7 nitrogen and oxygen atoms in total. The number of amides is 2. The van der Waals surface area contributed by atoms with E-state index in [4.69, 9.17) is 9.26 Å². The standard InChI is InChI=1S/C16H17N3O4/c1-11-9-14(18-23-11)17-15(20)10-22-13-6-4-12(5-7-13)19-8-2-3-16(19)21/h4-7,9H,2-3,8,10H2,1H3,(H,17,18,20). The minimum absolute atomic E-state index is 0.131. The van der Waals surface area contributed by atoms with Crippen LogP contribution in [0.3, 0.4) is 0 Å². The molecule has 7 heteroatoms. The maximum atomic E-state index is 11.7. The Hall–Kier alpha value is -2.83. The Morgan fingerprint density at radius 2 is 2.17 bits per heavy atom. The third-order valence-corrected chi connectivity index (χ3v) is 3.49. The zero-order valence-electron chi connectivity index (χ0n) is 12.7. The summed E-state index contributed by atoms with van der Waals surface area (Å²) in [5.74, 6) is 1.36. The number of rotatable bonds is 5. The van der Waals surface area contributed by atoms with Crippen molar-refractivity contribution >= 4 is 23.3 Å². The Morgan fingerprint density at radius 3 is 2.78 bits per heavy atom. The van der Waals surface area contributed by atoms with Crippen LogP contribution in [0.15, 0.2) is 34.9 Å². The highest BCUT2D eigenvalue weighted by atomic mass is 16.5. The minimum atomic E-state index is -0.322. The summed E-state index contributed by atoms with van der Waals surface area (Å²) in [7, 11) is 0. The van der Waals surface area contributed by atoms with Gasteiger partial charge in [-0.1, -0.05) is 5.16 Å². The van der Waals surface area contributed by atoms with Gasteiger partial charge in [0, 0.05) is 24.7 Å². The number of carbonyl (C=O) groups excluding carboxylic acids is 2. The summed E-state index contributed by atoms with van der Waals surface area (Å²) >= 11 is 0. The van der Waals surface area contributed by atoms with E-state index in [1.807, 2.05) is 12.1 Å². The maximum Gasteiger partial charge on any atom is 0.263 e. The molecule has 1 aliphatic rings. The summed E-state index contributed by atoms with van der Waals surface area (Å²) in [6, 6.07) is 8.75. The quantitative estimate of drug-likeness (QED) is 0.913. The van der Waals surface area contributed by atoms with Crippen molar-refractivity contribution in [3.8, 4) is 5.75 Å². The number of nitrogens with one attached hydrogen (secondary N) is 1. The number of anilines is 2. The van der Waals surface area contributed by atoms with Gasteiger partial charge in [0.1, 0.15) is 11.5 Å². The van der Waals surface area contributed by atoms with E-state index in [9.17, 15) is 9.59 Å². The first kappa shape index (κ1) is 15.1. The number of hydrogen-bond acceptors (Lipinski definition) is 5. The van der Waals surface area contributed by atoms with Crippen molar-refractivity contribution in [1.82, 2.24) is 5.16 Å². The smallest absolute Gasteiger partial charge is 0.263 e. The summed E-state index contributed by atoms with van der Waals surface area (Å²) in [6.45, 7) is 2.36. The predicted molar refractivity (Wildman–Crippen MR) is 83.4 cm³/mol. The number of aryl methyl sites for hydroxylation is 1. The minimum Gasteiger partial charge on any atom is -0.484 e. The molecular formula is C16H17N3O4. The van der Waals surface area contributed by atoms with Crippen LogP contribution in [0.4, 0.5) is 11.5 Å². The molecule has 2 amide bonds. The fourth-order valence-electron chi connectivity index (χ4n) is 2.40. The highest BCUT2D eigenvalue weighted by molar-refractivity contribution is 5.95. The van der Waals surface area contributed by atoms with Crippen LogP contribution in [0, 0.1) is 6.92 Å². The molecule has 1 saturated heterocycles. The van der Waals surface area contributed by atoms with Gasteiger partial charge in [0.2, 0.25) is 5.91 Å². The first-order valence-electron chi connectivity index (χ1n) is 7.38. The zero-order chi connectivity index (χ0) is 16.2. The SMILES string of the molecule is Cc1cc(NC(=O)COc2ccc(N3CCCC3=O)cc2)no1. The molecule has 1 N–H and O–H groups in total. The van der Waals surface area contributed by atoms with E-state index in [0.29, 0.717) is 23.7 Å². The van der Waals surface area contributed by atoms with Gasteiger partial charge in [0.25, 0.3) is 5.91 Å². The first-order chi connectivity index (χ1) is 11.1. The monoisotopic (exact) mass is 315 g/mol. The number of nitrogens with zero attached hydrogens (tertiary/aromatic N) is 2. The van der Waals surface area contributed by atoms with Gasteiger partial charge in [-0.2, -0.15) is 0 Å². The van der Waals surface area contributed by atoms with E-state index in [-0.39, 0.29) is 18.4 Å². The third-order valence-electron chi connectivity index (χ3n) is 3.49. The number of aromatic nitrogens is 1. The van der Waals surface area contributed by atoms with E-state index in [1.54, 1.807) is 30.0 Å². The second-order valence-corrected chi connectivity index (χ2v) is 5.30. The molecule has 3 rings (SSSR count). The largest absolute Gasteiger partial charge is 0.484 e. The fourth-order valence-corrected chi connectivity index (χ4v) is 2.40. The van der Waals surface area contributed by atoms with Crippen LogP contribution in [-0.4, -0.2) is 30.1 Å². The Bertz CT molecular complexity index is 708. The molecule has 0 saturated carbocycles. The van der Waals surface area contributed by atoms with E-state index in [1.165, 1.54) is 0 Å². The molecule has 0 atom stereocenters. The first-order valence-corrected chi connectivity index (χ1v) is 7.38. The lowest BCUT2D eigenvalue weighted by atomic mass is 10.3. The fraction of sp³-hybridized carbons (Fsp3) is 0.312. The van der Waals surface area contributed by atoms with E-state index >= 15 is 0 Å². The van der Waals surface area contributed by atoms with Gasteiger partial charge in [-0.15, -0.1) is 0 Å². The topological polar surface area (TPSA) is 84.7 Å². The van der Waals surface area contributed by atoms with Gasteiger partial charge in [-0.3, -0.25) is 9.59 Å². The summed E-state index contributed by atoms with van der Waals surface area (Å²) in [4.78, 5) is 25.2. The van der Waals surface area contributed by atoms with Crippen LogP contribution in [0.25, 0.3) is 0 Å². The van der Waals surface area contributed by atoms with E-state index in [2.05, 4.69) is 10.5 Å². The zero-order valence-corrected chi connectivity index (χ0v) is 12.7. The van der Waals surface area contributed by atoms with Crippen molar-refractivity contribution in [3.63, 3.8) is 0 Å². The lowest BCUT2D eigenvalue weighted by molar-refractivity contribution is -0.118. The molecular weight excluding hydrogens is 298 g/mol. The Morgan fingerprint density at radius 1 is 1.39 bits per heavy atom. The maximum absolute atomic E-state index is 11.7. The van der Waals surface area contributed by atoms with Crippen molar-refractivity contribution in [3.05, 3.63) is 36.1 Å². The van der Waals surface area contributed by atoms with Crippen LogP contribution >= 0.6 is 0 Å². The average Bonchev–Trinajstić information content (AvgIpc) is 3.14.